The lowest BCUT2D eigenvalue weighted by Gasteiger charge is -2.14. The van der Waals surface area contributed by atoms with Crippen molar-refractivity contribution < 1.29 is 8.42 Å². The maximum absolute atomic E-state index is 12.2. The van der Waals surface area contributed by atoms with E-state index < -0.39 is 9.84 Å². The molecule has 1 saturated carbocycles. The van der Waals surface area contributed by atoms with E-state index in [1.807, 2.05) is 25.1 Å². The summed E-state index contributed by atoms with van der Waals surface area (Å²) < 4.78 is 24.5. The number of rotatable bonds is 3. The zero-order chi connectivity index (χ0) is 15.3. The standard InChI is InChI=1S/C16H17N3O2S/c1-10-8-15(19-16(17-10)11-6-7-11)18-13-9-22(20,21)14-5-3-2-4-12(13)14/h2-5,8,11,13H,6-7,9H2,1H3,(H,17,18,19)/t13-/m1/s1. The molecular formula is C16H17N3O2S. The Hall–Kier alpha value is -1.95. The molecule has 6 heteroatoms. The van der Waals surface area contributed by atoms with Crippen LogP contribution in [0.1, 0.15) is 41.9 Å². The van der Waals surface area contributed by atoms with Crippen molar-refractivity contribution in [1.82, 2.24) is 9.97 Å². The zero-order valence-corrected chi connectivity index (χ0v) is 13.1. The number of fused-ring (bicyclic) bond motifs is 1. The van der Waals surface area contributed by atoms with Gasteiger partial charge < -0.3 is 5.32 Å². The van der Waals surface area contributed by atoms with Gasteiger partial charge in [0.1, 0.15) is 11.6 Å². The highest BCUT2D eigenvalue weighted by atomic mass is 32.2. The van der Waals surface area contributed by atoms with Crippen LogP contribution in [0.5, 0.6) is 0 Å². The van der Waals surface area contributed by atoms with Crippen molar-refractivity contribution in [2.45, 2.75) is 36.6 Å². The van der Waals surface area contributed by atoms with Gasteiger partial charge in [-0.1, -0.05) is 18.2 Å². The zero-order valence-electron chi connectivity index (χ0n) is 12.3. The molecule has 5 nitrogen and oxygen atoms in total. The molecule has 0 unspecified atom stereocenters. The Kier molecular flexibility index (Phi) is 2.97. The number of anilines is 1. The number of sulfone groups is 1. The SMILES string of the molecule is Cc1cc(N[C@@H]2CS(=O)(=O)c3ccccc32)nc(C2CC2)n1. The predicted molar refractivity (Wildman–Crippen MR) is 83.6 cm³/mol. The highest BCUT2D eigenvalue weighted by Gasteiger charge is 2.35. The minimum atomic E-state index is -3.21. The highest BCUT2D eigenvalue weighted by molar-refractivity contribution is 7.91. The van der Waals surface area contributed by atoms with Gasteiger partial charge in [0.2, 0.25) is 0 Å². The molecule has 0 saturated heterocycles. The molecule has 0 radical (unpaired) electrons. The van der Waals surface area contributed by atoms with Crippen LogP contribution >= 0.6 is 0 Å². The minimum Gasteiger partial charge on any atom is -0.362 e. The molecule has 1 aliphatic heterocycles. The van der Waals surface area contributed by atoms with E-state index in [2.05, 4.69) is 15.3 Å². The Morgan fingerprint density at radius 1 is 1.18 bits per heavy atom. The van der Waals surface area contributed by atoms with Gasteiger partial charge in [0.05, 0.1) is 16.7 Å². The van der Waals surface area contributed by atoms with Crippen LogP contribution < -0.4 is 5.32 Å². The van der Waals surface area contributed by atoms with Crippen molar-refractivity contribution in [3.63, 3.8) is 0 Å². The number of hydrogen-bond donors (Lipinski definition) is 1. The molecular weight excluding hydrogens is 298 g/mol. The smallest absolute Gasteiger partial charge is 0.181 e. The maximum atomic E-state index is 12.2. The van der Waals surface area contributed by atoms with Crippen LogP contribution in [-0.2, 0) is 9.84 Å². The average molecular weight is 315 g/mol. The number of benzene rings is 1. The van der Waals surface area contributed by atoms with E-state index in [1.54, 1.807) is 12.1 Å². The number of nitrogens with zero attached hydrogens (tertiary/aromatic N) is 2. The molecule has 4 rings (SSSR count). The van der Waals surface area contributed by atoms with Gasteiger partial charge in [-0.2, -0.15) is 0 Å². The first-order valence-corrected chi connectivity index (χ1v) is 9.12. The van der Waals surface area contributed by atoms with Gasteiger partial charge in [-0.25, -0.2) is 18.4 Å². The fraction of sp³-hybridized carbons (Fsp3) is 0.375. The van der Waals surface area contributed by atoms with E-state index in [9.17, 15) is 8.42 Å². The first-order valence-electron chi connectivity index (χ1n) is 7.47. The molecule has 1 atom stereocenters. The van der Waals surface area contributed by atoms with E-state index >= 15 is 0 Å². The molecule has 1 aliphatic carbocycles. The normalized spacial score (nSPS) is 22.3. The van der Waals surface area contributed by atoms with Gasteiger partial charge in [0.25, 0.3) is 0 Å². The van der Waals surface area contributed by atoms with Crippen molar-refractivity contribution in [3.8, 4) is 0 Å². The third-order valence-corrected chi connectivity index (χ3v) is 5.97. The van der Waals surface area contributed by atoms with E-state index in [-0.39, 0.29) is 11.8 Å². The molecule has 0 bridgehead atoms. The van der Waals surface area contributed by atoms with Crippen LogP contribution in [0.25, 0.3) is 0 Å². The van der Waals surface area contributed by atoms with E-state index in [0.29, 0.717) is 16.6 Å². The van der Waals surface area contributed by atoms with Crippen LogP contribution in [0.3, 0.4) is 0 Å². The van der Waals surface area contributed by atoms with Crippen molar-refractivity contribution in [2.24, 2.45) is 0 Å². The number of nitrogens with one attached hydrogen (secondary N) is 1. The highest BCUT2D eigenvalue weighted by Crippen LogP contribution is 2.39. The first kappa shape index (κ1) is 13.7. The molecule has 2 aromatic rings. The summed E-state index contributed by atoms with van der Waals surface area (Å²) in [7, 11) is -3.21. The molecule has 0 spiro atoms. The van der Waals surface area contributed by atoms with Crippen molar-refractivity contribution in [1.29, 1.82) is 0 Å². The molecule has 1 aromatic carbocycles. The predicted octanol–water partition coefficient (Wildman–Crippen LogP) is 2.60. The number of aromatic nitrogens is 2. The summed E-state index contributed by atoms with van der Waals surface area (Å²) in [6.07, 6.45) is 2.28. The van der Waals surface area contributed by atoms with Gasteiger partial charge in [-0.05, 0) is 31.4 Å². The molecule has 1 aromatic heterocycles. The Labute approximate surface area is 129 Å². The fourth-order valence-corrected chi connectivity index (χ4v) is 4.67. The Morgan fingerprint density at radius 3 is 2.73 bits per heavy atom. The summed E-state index contributed by atoms with van der Waals surface area (Å²) in [5, 5.41) is 3.29. The molecule has 22 heavy (non-hydrogen) atoms. The topological polar surface area (TPSA) is 72.0 Å². The van der Waals surface area contributed by atoms with Crippen molar-refractivity contribution in [3.05, 3.63) is 47.4 Å². The van der Waals surface area contributed by atoms with Crippen LogP contribution in [0.15, 0.2) is 35.2 Å². The lowest BCUT2D eigenvalue weighted by Crippen LogP contribution is -2.14. The molecule has 2 heterocycles. The van der Waals surface area contributed by atoms with Crippen LogP contribution in [0.2, 0.25) is 0 Å². The first-order chi connectivity index (χ1) is 10.5. The molecule has 1 fully saturated rings. The van der Waals surface area contributed by atoms with Gasteiger partial charge in [-0.15, -0.1) is 0 Å². The lowest BCUT2D eigenvalue weighted by molar-refractivity contribution is 0.598. The third-order valence-electron chi connectivity index (χ3n) is 4.15. The summed E-state index contributed by atoms with van der Waals surface area (Å²) in [4.78, 5) is 9.47. The third kappa shape index (κ3) is 2.37. The Bertz CT molecular complexity index is 844. The Balaban J connectivity index is 1.68. The second-order valence-electron chi connectivity index (χ2n) is 6.04. The Morgan fingerprint density at radius 2 is 1.95 bits per heavy atom. The quantitative estimate of drug-likeness (QED) is 0.942. The summed E-state index contributed by atoms with van der Waals surface area (Å²) in [6.45, 7) is 1.94. The summed E-state index contributed by atoms with van der Waals surface area (Å²) in [6, 6.07) is 8.80. The second kappa shape index (κ2) is 4.78. The van der Waals surface area contributed by atoms with Gasteiger partial charge in [0, 0.05) is 17.7 Å². The van der Waals surface area contributed by atoms with Crippen LogP contribution in [0.4, 0.5) is 5.82 Å². The van der Waals surface area contributed by atoms with E-state index in [1.165, 1.54) is 0 Å². The van der Waals surface area contributed by atoms with Gasteiger partial charge >= 0.3 is 0 Å². The van der Waals surface area contributed by atoms with E-state index in [4.69, 9.17) is 0 Å². The number of aryl methyl sites for hydroxylation is 1. The van der Waals surface area contributed by atoms with Crippen molar-refractivity contribution >= 4 is 15.7 Å². The maximum Gasteiger partial charge on any atom is 0.181 e. The van der Waals surface area contributed by atoms with Gasteiger partial charge in [0.15, 0.2) is 9.84 Å². The summed E-state index contributed by atoms with van der Waals surface area (Å²) in [5.74, 6) is 2.14. The van der Waals surface area contributed by atoms with Crippen molar-refractivity contribution in [2.75, 3.05) is 11.1 Å². The minimum absolute atomic E-state index is 0.0775. The monoisotopic (exact) mass is 315 g/mol. The van der Waals surface area contributed by atoms with Crippen LogP contribution in [-0.4, -0.2) is 24.1 Å². The second-order valence-corrected chi connectivity index (χ2v) is 8.05. The van der Waals surface area contributed by atoms with E-state index in [0.717, 1.165) is 29.9 Å². The number of hydrogen-bond acceptors (Lipinski definition) is 5. The molecule has 1 N–H and O–H groups in total. The largest absolute Gasteiger partial charge is 0.362 e. The molecule has 0 amide bonds. The summed E-state index contributed by atoms with van der Waals surface area (Å²) >= 11 is 0. The summed E-state index contributed by atoms with van der Waals surface area (Å²) in [5.41, 5.74) is 1.74. The average Bonchev–Trinajstić information content (AvgIpc) is 3.27. The fourth-order valence-electron chi connectivity index (χ4n) is 2.94. The van der Waals surface area contributed by atoms with Gasteiger partial charge in [-0.3, -0.25) is 0 Å². The lowest BCUT2D eigenvalue weighted by atomic mass is 10.1. The van der Waals surface area contributed by atoms with Crippen LogP contribution in [0, 0.1) is 6.92 Å². The molecule has 114 valence electrons. The molecule has 2 aliphatic rings.